The van der Waals surface area contributed by atoms with E-state index in [-0.39, 0.29) is 0 Å². The first-order valence-electron chi connectivity index (χ1n) is 8.12. The van der Waals surface area contributed by atoms with Crippen LogP contribution < -0.4 is 10.6 Å². The lowest BCUT2D eigenvalue weighted by Crippen LogP contribution is -2.49. The molecule has 9 nitrogen and oxygen atoms in total. The van der Waals surface area contributed by atoms with Crippen LogP contribution in [-0.4, -0.2) is 57.6 Å². The largest absolute Gasteiger partial charge is 0.479 e. The number of carbonyl (C=O) groups is 4. The molecule has 0 bridgehead atoms. The molecule has 1 heterocycles. The second-order valence-corrected chi connectivity index (χ2v) is 6.74. The number of amides is 4. The van der Waals surface area contributed by atoms with Gasteiger partial charge >= 0.3 is 12.0 Å². The fraction of sp³-hybridized carbons (Fsp3) is 0.412. The lowest BCUT2D eigenvalue weighted by Gasteiger charge is -2.22. The summed E-state index contributed by atoms with van der Waals surface area (Å²) in [6.07, 6.45) is 1.06. The zero-order valence-electron chi connectivity index (χ0n) is 14.1. The third-order valence-corrected chi connectivity index (χ3v) is 4.81. The van der Waals surface area contributed by atoms with Crippen LogP contribution in [0.3, 0.4) is 0 Å². The molecule has 1 aliphatic heterocycles. The summed E-state index contributed by atoms with van der Waals surface area (Å²) in [5, 5.41) is 23.4. The minimum atomic E-state index is -2.14. The second-order valence-electron chi connectivity index (χ2n) is 6.74. The molecule has 1 aliphatic carbocycles. The summed E-state index contributed by atoms with van der Waals surface area (Å²) in [5.41, 5.74) is -1.58. The van der Waals surface area contributed by atoms with E-state index >= 15 is 0 Å². The molecule has 2 unspecified atom stereocenters. The lowest BCUT2D eigenvalue weighted by atomic mass is 9.92. The van der Waals surface area contributed by atoms with Crippen LogP contribution >= 0.6 is 0 Å². The number of hydrogen-bond donors (Lipinski definition) is 4. The van der Waals surface area contributed by atoms with Gasteiger partial charge < -0.3 is 20.8 Å². The molecule has 4 N–H and O–H groups in total. The van der Waals surface area contributed by atoms with Crippen molar-refractivity contribution in [3.05, 3.63) is 35.4 Å². The molecule has 0 aromatic heterocycles. The molecule has 4 amide bonds. The molecule has 1 saturated heterocycles. The zero-order valence-corrected chi connectivity index (χ0v) is 14.1. The standard InChI is InChI=1S/C17H19N3O6/c1-16(26,14(23)24)9-18-12(21)8-20-13(22)17(19-15(20)25)7-6-10-4-2-3-5-11(10)17/h2-5,26H,6-9H2,1H3,(H,18,21)(H,19,25)(H,23,24). The van der Waals surface area contributed by atoms with Gasteiger partial charge in [0.25, 0.3) is 5.91 Å². The fourth-order valence-corrected chi connectivity index (χ4v) is 3.28. The lowest BCUT2D eigenvalue weighted by molar-refractivity contribution is -0.156. The van der Waals surface area contributed by atoms with Crippen LogP contribution in [-0.2, 0) is 26.3 Å². The molecular weight excluding hydrogens is 342 g/mol. The summed E-state index contributed by atoms with van der Waals surface area (Å²) in [6.45, 7) is -0.0587. The molecule has 2 aliphatic rings. The van der Waals surface area contributed by atoms with E-state index in [2.05, 4.69) is 10.6 Å². The molecule has 1 aromatic rings. The number of nitrogens with zero attached hydrogens (tertiary/aromatic N) is 1. The Balaban J connectivity index is 1.71. The number of carboxylic acid groups (broad SMARTS) is 1. The molecule has 9 heteroatoms. The Hall–Kier alpha value is -2.94. The number of carboxylic acids is 1. The predicted molar refractivity (Wildman–Crippen MR) is 88.0 cm³/mol. The number of imide groups is 1. The molecule has 1 spiro atoms. The van der Waals surface area contributed by atoms with Crippen molar-refractivity contribution in [3.8, 4) is 0 Å². The maximum Gasteiger partial charge on any atom is 0.337 e. The molecular formula is C17H19N3O6. The van der Waals surface area contributed by atoms with E-state index in [4.69, 9.17) is 5.11 Å². The fourth-order valence-electron chi connectivity index (χ4n) is 3.28. The number of nitrogens with one attached hydrogen (secondary N) is 2. The number of fused-ring (bicyclic) bond motifs is 2. The smallest absolute Gasteiger partial charge is 0.337 e. The van der Waals surface area contributed by atoms with E-state index in [0.717, 1.165) is 23.0 Å². The van der Waals surface area contributed by atoms with Gasteiger partial charge in [-0.05, 0) is 30.9 Å². The van der Waals surface area contributed by atoms with Gasteiger partial charge in [-0.1, -0.05) is 24.3 Å². The molecule has 26 heavy (non-hydrogen) atoms. The molecule has 1 aromatic carbocycles. The molecule has 0 radical (unpaired) electrons. The van der Waals surface area contributed by atoms with Gasteiger partial charge in [0, 0.05) is 0 Å². The van der Waals surface area contributed by atoms with Crippen molar-refractivity contribution in [2.75, 3.05) is 13.1 Å². The minimum Gasteiger partial charge on any atom is -0.479 e. The predicted octanol–water partition coefficient (Wildman–Crippen LogP) is -0.668. The van der Waals surface area contributed by atoms with Crippen molar-refractivity contribution in [2.45, 2.75) is 30.9 Å². The van der Waals surface area contributed by atoms with Gasteiger partial charge in [-0.2, -0.15) is 0 Å². The highest BCUT2D eigenvalue weighted by Crippen LogP contribution is 2.41. The number of rotatable bonds is 5. The highest BCUT2D eigenvalue weighted by atomic mass is 16.4. The monoisotopic (exact) mass is 361 g/mol. The van der Waals surface area contributed by atoms with Gasteiger partial charge in [0.05, 0.1) is 6.54 Å². The van der Waals surface area contributed by atoms with Crippen molar-refractivity contribution in [3.63, 3.8) is 0 Å². The summed E-state index contributed by atoms with van der Waals surface area (Å²) < 4.78 is 0. The Bertz CT molecular complexity index is 805. The Morgan fingerprint density at radius 2 is 2.04 bits per heavy atom. The third kappa shape index (κ3) is 2.80. The molecule has 1 fully saturated rings. The number of aryl methyl sites for hydroxylation is 1. The first kappa shape index (κ1) is 17.9. The Kier molecular flexibility index (Phi) is 4.19. The van der Waals surface area contributed by atoms with Crippen LogP contribution in [0.1, 0.15) is 24.5 Å². The maximum atomic E-state index is 12.9. The van der Waals surface area contributed by atoms with Crippen LogP contribution in [0.2, 0.25) is 0 Å². The first-order chi connectivity index (χ1) is 12.2. The normalized spacial score (nSPS) is 23.5. The average molecular weight is 361 g/mol. The van der Waals surface area contributed by atoms with Crippen LogP contribution in [0, 0.1) is 0 Å². The molecule has 138 valence electrons. The average Bonchev–Trinajstić information content (AvgIpc) is 3.07. The van der Waals surface area contributed by atoms with E-state index in [9.17, 15) is 24.3 Å². The van der Waals surface area contributed by atoms with Crippen molar-refractivity contribution in [1.29, 1.82) is 0 Å². The Labute approximate surface area is 149 Å². The van der Waals surface area contributed by atoms with Crippen LogP contribution in [0.5, 0.6) is 0 Å². The van der Waals surface area contributed by atoms with Gasteiger partial charge in [-0.25, -0.2) is 9.59 Å². The summed E-state index contributed by atoms with van der Waals surface area (Å²) in [4.78, 5) is 48.8. The van der Waals surface area contributed by atoms with E-state index in [1.807, 2.05) is 12.1 Å². The minimum absolute atomic E-state index is 0.419. The summed E-state index contributed by atoms with van der Waals surface area (Å²) in [5.74, 6) is -2.74. The first-order valence-corrected chi connectivity index (χ1v) is 8.12. The summed E-state index contributed by atoms with van der Waals surface area (Å²) >= 11 is 0. The van der Waals surface area contributed by atoms with Crippen LogP contribution in [0.15, 0.2) is 24.3 Å². The van der Waals surface area contributed by atoms with Crippen molar-refractivity contribution >= 4 is 23.8 Å². The van der Waals surface area contributed by atoms with E-state index in [1.165, 1.54) is 0 Å². The zero-order chi connectivity index (χ0) is 19.1. The van der Waals surface area contributed by atoms with Gasteiger partial charge in [-0.3, -0.25) is 14.5 Å². The highest BCUT2D eigenvalue weighted by molar-refractivity contribution is 6.09. The van der Waals surface area contributed by atoms with Crippen molar-refractivity contribution < 1.29 is 29.4 Å². The number of aliphatic carboxylic acids is 1. The number of urea groups is 1. The van der Waals surface area contributed by atoms with E-state index in [0.29, 0.717) is 12.8 Å². The Morgan fingerprint density at radius 1 is 1.35 bits per heavy atom. The van der Waals surface area contributed by atoms with Crippen LogP contribution in [0.25, 0.3) is 0 Å². The Morgan fingerprint density at radius 3 is 2.73 bits per heavy atom. The van der Waals surface area contributed by atoms with Gasteiger partial charge in [-0.15, -0.1) is 0 Å². The molecule has 0 saturated carbocycles. The number of aliphatic hydroxyl groups is 1. The summed E-state index contributed by atoms with van der Waals surface area (Å²) in [6, 6.07) is 6.65. The SMILES string of the molecule is CC(O)(CNC(=O)CN1C(=O)NC2(CCc3ccccc32)C1=O)C(=O)O. The van der Waals surface area contributed by atoms with Crippen molar-refractivity contribution in [2.24, 2.45) is 0 Å². The van der Waals surface area contributed by atoms with E-state index in [1.54, 1.807) is 12.1 Å². The molecule has 3 rings (SSSR count). The van der Waals surface area contributed by atoms with Gasteiger partial charge in [0.2, 0.25) is 5.91 Å². The van der Waals surface area contributed by atoms with Crippen molar-refractivity contribution in [1.82, 2.24) is 15.5 Å². The highest BCUT2D eigenvalue weighted by Gasteiger charge is 2.55. The van der Waals surface area contributed by atoms with Gasteiger partial charge in [0.1, 0.15) is 12.1 Å². The number of benzene rings is 1. The molecule has 2 atom stereocenters. The topological polar surface area (TPSA) is 136 Å². The third-order valence-electron chi connectivity index (χ3n) is 4.81. The number of carbonyl (C=O) groups excluding carboxylic acids is 3. The second kappa shape index (κ2) is 6.10. The number of hydrogen-bond acceptors (Lipinski definition) is 5. The quantitative estimate of drug-likeness (QED) is 0.514. The summed E-state index contributed by atoms with van der Waals surface area (Å²) in [7, 11) is 0. The van der Waals surface area contributed by atoms with E-state index < -0.39 is 48.0 Å². The van der Waals surface area contributed by atoms with Crippen LogP contribution in [0.4, 0.5) is 4.79 Å². The maximum absolute atomic E-state index is 12.9. The van der Waals surface area contributed by atoms with Gasteiger partial charge in [0.15, 0.2) is 5.60 Å².